The Labute approximate surface area is 80.6 Å². The Hall–Kier alpha value is -0.340. The van der Waals surface area contributed by atoms with Crippen LogP contribution in [-0.4, -0.2) is 24.4 Å². The summed E-state index contributed by atoms with van der Waals surface area (Å²) in [6.07, 6.45) is 8.05. The van der Waals surface area contributed by atoms with Gasteiger partial charge in [-0.15, -0.1) is 0 Å². The molecule has 1 aliphatic carbocycles. The monoisotopic (exact) mass is 184 g/mol. The van der Waals surface area contributed by atoms with E-state index in [4.69, 9.17) is 4.74 Å². The number of hydrogen-bond donors (Lipinski definition) is 1. The Morgan fingerprint density at radius 3 is 2.92 bits per heavy atom. The molecule has 0 aromatic carbocycles. The number of aliphatic hydroxyl groups is 1. The van der Waals surface area contributed by atoms with Crippen LogP contribution in [-0.2, 0) is 4.74 Å². The summed E-state index contributed by atoms with van der Waals surface area (Å²) in [5.74, 6) is 0. The van der Waals surface area contributed by atoms with Crippen LogP contribution in [0.25, 0.3) is 0 Å². The summed E-state index contributed by atoms with van der Waals surface area (Å²) in [7, 11) is 1.63. The average molecular weight is 184 g/mol. The predicted molar refractivity (Wildman–Crippen MR) is 53.7 cm³/mol. The van der Waals surface area contributed by atoms with Gasteiger partial charge in [-0.05, 0) is 38.2 Å². The summed E-state index contributed by atoms with van der Waals surface area (Å²) in [4.78, 5) is 0. The lowest BCUT2D eigenvalue weighted by atomic mass is 9.93. The van der Waals surface area contributed by atoms with Crippen molar-refractivity contribution >= 4 is 0 Å². The topological polar surface area (TPSA) is 29.5 Å². The maximum atomic E-state index is 10.1. The van der Waals surface area contributed by atoms with Crippen LogP contribution >= 0.6 is 0 Å². The van der Waals surface area contributed by atoms with Gasteiger partial charge < -0.3 is 9.84 Å². The van der Waals surface area contributed by atoms with Crippen molar-refractivity contribution in [2.24, 2.45) is 0 Å². The molecule has 0 aliphatic heterocycles. The lowest BCUT2D eigenvalue weighted by Crippen LogP contribution is -2.32. The highest BCUT2D eigenvalue weighted by molar-refractivity contribution is 5.16. The smallest absolute Gasteiger partial charge is 0.106 e. The van der Waals surface area contributed by atoms with Crippen molar-refractivity contribution in [3.05, 3.63) is 11.6 Å². The zero-order valence-electron chi connectivity index (χ0n) is 8.68. The standard InChI is InChI=1S/C11H20O2/c1-11(12,9-13-2)10-7-5-3-4-6-8-10/h7,12H,3-6,8-9H2,1-2H3. The first-order valence-corrected chi connectivity index (χ1v) is 5.07. The number of methoxy groups -OCH3 is 1. The van der Waals surface area contributed by atoms with E-state index < -0.39 is 5.60 Å². The maximum absolute atomic E-state index is 10.1. The van der Waals surface area contributed by atoms with Crippen LogP contribution in [0.1, 0.15) is 39.0 Å². The largest absolute Gasteiger partial charge is 0.383 e. The van der Waals surface area contributed by atoms with Crippen molar-refractivity contribution in [1.82, 2.24) is 0 Å². The van der Waals surface area contributed by atoms with Gasteiger partial charge in [0.25, 0.3) is 0 Å². The van der Waals surface area contributed by atoms with E-state index >= 15 is 0 Å². The molecule has 2 nitrogen and oxygen atoms in total. The third-order valence-electron chi connectivity index (χ3n) is 2.66. The number of rotatable bonds is 3. The Balaban J connectivity index is 2.61. The molecule has 2 heteroatoms. The van der Waals surface area contributed by atoms with Crippen LogP contribution in [0.15, 0.2) is 11.6 Å². The van der Waals surface area contributed by atoms with Crippen molar-refractivity contribution in [3.63, 3.8) is 0 Å². The molecule has 0 saturated heterocycles. The molecule has 0 saturated carbocycles. The molecule has 0 bridgehead atoms. The van der Waals surface area contributed by atoms with E-state index in [1.807, 2.05) is 6.92 Å². The van der Waals surface area contributed by atoms with Gasteiger partial charge in [-0.1, -0.05) is 12.5 Å². The van der Waals surface area contributed by atoms with Gasteiger partial charge in [-0.3, -0.25) is 0 Å². The van der Waals surface area contributed by atoms with E-state index in [0.29, 0.717) is 6.61 Å². The van der Waals surface area contributed by atoms with Crippen LogP contribution in [0.5, 0.6) is 0 Å². The molecule has 0 amide bonds. The van der Waals surface area contributed by atoms with Gasteiger partial charge in [0.1, 0.15) is 5.60 Å². The first-order chi connectivity index (χ1) is 6.17. The molecule has 0 heterocycles. The molecule has 0 radical (unpaired) electrons. The van der Waals surface area contributed by atoms with Crippen molar-refractivity contribution in [1.29, 1.82) is 0 Å². The van der Waals surface area contributed by atoms with Crippen molar-refractivity contribution in [2.45, 2.75) is 44.6 Å². The lowest BCUT2D eigenvalue weighted by molar-refractivity contribution is 0.00892. The highest BCUT2D eigenvalue weighted by atomic mass is 16.5. The van der Waals surface area contributed by atoms with Gasteiger partial charge >= 0.3 is 0 Å². The number of ether oxygens (including phenoxy) is 1. The average Bonchev–Trinajstić information content (AvgIpc) is 2.31. The maximum Gasteiger partial charge on any atom is 0.106 e. The first kappa shape index (κ1) is 10.7. The molecule has 1 unspecified atom stereocenters. The summed E-state index contributed by atoms with van der Waals surface area (Å²) < 4.78 is 5.01. The minimum absolute atomic E-state index is 0.402. The minimum Gasteiger partial charge on any atom is -0.383 e. The fraction of sp³-hybridized carbons (Fsp3) is 0.818. The molecule has 0 fully saturated rings. The fourth-order valence-electron chi connectivity index (χ4n) is 1.88. The zero-order chi connectivity index (χ0) is 9.73. The number of hydrogen-bond acceptors (Lipinski definition) is 2. The van der Waals surface area contributed by atoms with Gasteiger partial charge in [-0.25, -0.2) is 0 Å². The summed E-state index contributed by atoms with van der Waals surface area (Å²) >= 11 is 0. The van der Waals surface area contributed by atoms with Crippen LogP contribution in [0.2, 0.25) is 0 Å². The SMILES string of the molecule is COCC(C)(O)C1=CCCCCC1. The molecule has 0 aromatic rings. The highest BCUT2D eigenvalue weighted by Gasteiger charge is 2.25. The summed E-state index contributed by atoms with van der Waals surface area (Å²) in [5.41, 5.74) is 0.408. The second-order valence-corrected chi connectivity index (χ2v) is 4.04. The summed E-state index contributed by atoms with van der Waals surface area (Å²) in [6, 6.07) is 0. The quantitative estimate of drug-likeness (QED) is 0.682. The van der Waals surface area contributed by atoms with Crippen molar-refractivity contribution in [2.75, 3.05) is 13.7 Å². The van der Waals surface area contributed by atoms with Gasteiger partial charge in [0.2, 0.25) is 0 Å². The lowest BCUT2D eigenvalue weighted by Gasteiger charge is -2.25. The molecule has 1 N–H and O–H groups in total. The Bertz CT molecular complexity index is 183. The van der Waals surface area contributed by atoms with Gasteiger partial charge in [0, 0.05) is 7.11 Å². The molecule has 0 aromatic heterocycles. The third-order valence-corrected chi connectivity index (χ3v) is 2.66. The van der Waals surface area contributed by atoms with E-state index in [1.54, 1.807) is 7.11 Å². The van der Waals surface area contributed by atoms with Crippen LogP contribution < -0.4 is 0 Å². The Morgan fingerprint density at radius 2 is 2.23 bits per heavy atom. The first-order valence-electron chi connectivity index (χ1n) is 5.07. The second kappa shape index (κ2) is 4.77. The van der Waals surface area contributed by atoms with Gasteiger partial charge in [0.05, 0.1) is 6.61 Å². The van der Waals surface area contributed by atoms with Gasteiger partial charge in [-0.2, -0.15) is 0 Å². The van der Waals surface area contributed by atoms with Crippen LogP contribution in [0.3, 0.4) is 0 Å². The Kier molecular flexibility index (Phi) is 3.94. The van der Waals surface area contributed by atoms with E-state index in [2.05, 4.69) is 6.08 Å². The molecule has 13 heavy (non-hydrogen) atoms. The molecular formula is C11H20O2. The highest BCUT2D eigenvalue weighted by Crippen LogP contribution is 2.26. The van der Waals surface area contributed by atoms with Gasteiger partial charge in [0.15, 0.2) is 0 Å². The van der Waals surface area contributed by atoms with E-state index in [0.717, 1.165) is 18.4 Å². The summed E-state index contributed by atoms with van der Waals surface area (Å²) in [6.45, 7) is 2.24. The predicted octanol–water partition coefficient (Wildman–Crippen LogP) is 2.27. The molecule has 0 spiro atoms. The summed E-state index contributed by atoms with van der Waals surface area (Å²) in [5, 5.41) is 10.1. The normalized spacial score (nSPS) is 23.2. The fourth-order valence-corrected chi connectivity index (χ4v) is 1.88. The van der Waals surface area contributed by atoms with Crippen molar-refractivity contribution in [3.8, 4) is 0 Å². The third kappa shape index (κ3) is 3.12. The molecule has 1 atom stereocenters. The van der Waals surface area contributed by atoms with Crippen LogP contribution in [0, 0.1) is 0 Å². The molecule has 76 valence electrons. The van der Waals surface area contributed by atoms with E-state index in [-0.39, 0.29) is 0 Å². The zero-order valence-corrected chi connectivity index (χ0v) is 8.68. The van der Waals surface area contributed by atoms with Crippen molar-refractivity contribution < 1.29 is 9.84 Å². The Morgan fingerprint density at radius 1 is 1.46 bits per heavy atom. The van der Waals surface area contributed by atoms with E-state index in [1.165, 1.54) is 19.3 Å². The molecule has 1 aliphatic rings. The molecule has 1 rings (SSSR count). The number of allylic oxidation sites excluding steroid dienone is 1. The minimum atomic E-state index is -0.751. The van der Waals surface area contributed by atoms with E-state index in [9.17, 15) is 5.11 Å². The molecular weight excluding hydrogens is 164 g/mol. The van der Waals surface area contributed by atoms with Crippen LogP contribution in [0.4, 0.5) is 0 Å². The second-order valence-electron chi connectivity index (χ2n) is 4.04.